The van der Waals surface area contributed by atoms with E-state index in [4.69, 9.17) is 11.5 Å². The first-order valence-corrected chi connectivity index (χ1v) is 10.2. The number of hydrogen-bond acceptors (Lipinski definition) is 3. The van der Waals surface area contributed by atoms with E-state index >= 15 is 0 Å². The summed E-state index contributed by atoms with van der Waals surface area (Å²) in [5.74, 6) is 1.58. The highest BCUT2D eigenvalue weighted by atomic mass is 16.2. The van der Waals surface area contributed by atoms with E-state index < -0.39 is 11.9 Å². The minimum atomic E-state index is -0.807. The number of fused-ring (bicyclic) bond motifs is 1. The van der Waals surface area contributed by atoms with Crippen LogP contribution in [0.4, 0.5) is 10.6 Å². The number of rotatable bonds is 4. The first-order valence-electron chi connectivity index (χ1n) is 10.2. The van der Waals surface area contributed by atoms with Gasteiger partial charge in [-0.1, -0.05) is 6.07 Å². The van der Waals surface area contributed by atoms with Crippen molar-refractivity contribution in [3.8, 4) is 0 Å². The molecule has 0 saturated heterocycles. The van der Waals surface area contributed by atoms with E-state index in [9.17, 15) is 14.4 Å². The van der Waals surface area contributed by atoms with Crippen LogP contribution in [0.15, 0.2) is 18.2 Å². The van der Waals surface area contributed by atoms with Gasteiger partial charge in [0.15, 0.2) is 0 Å². The number of H-pyrrole nitrogens is 1. The van der Waals surface area contributed by atoms with Crippen molar-refractivity contribution in [2.45, 2.75) is 44.1 Å². The minimum absolute atomic E-state index is 0.0758. The van der Waals surface area contributed by atoms with Gasteiger partial charge < -0.3 is 21.8 Å². The number of carbonyl (C=O) groups excluding carboxylic acids is 3. The van der Waals surface area contributed by atoms with E-state index in [0.29, 0.717) is 16.5 Å². The van der Waals surface area contributed by atoms with E-state index in [1.165, 1.54) is 19.3 Å². The molecule has 0 atom stereocenters. The Morgan fingerprint density at radius 1 is 1.00 bits per heavy atom. The third kappa shape index (κ3) is 3.03. The Morgan fingerprint density at radius 2 is 1.62 bits per heavy atom. The summed E-state index contributed by atoms with van der Waals surface area (Å²) in [6.07, 6.45) is 7.18. The molecule has 152 valence electrons. The summed E-state index contributed by atoms with van der Waals surface area (Å²) in [6.45, 7) is 0. The molecule has 0 spiro atoms. The van der Waals surface area contributed by atoms with Crippen LogP contribution < -0.4 is 22.1 Å². The van der Waals surface area contributed by atoms with Crippen LogP contribution in [-0.2, 0) is 0 Å². The Labute approximate surface area is 167 Å². The van der Waals surface area contributed by atoms with Crippen LogP contribution >= 0.6 is 0 Å². The number of aromatic amines is 1. The van der Waals surface area contributed by atoms with Gasteiger partial charge in [-0.25, -0.2) is 4.79 Å². The number of hydrogen-bond donors (Lipinski definition) is 5. The minimum Gasteiger partial charge on any atom is -0.365 e. The quantitative estimate of drug-likeness (QED) is 0.542. The van der Waals surface area contributed by atoms with Crippen molar-refractivity contribution in [2.75, 3.05) is 5.32 Å². The molecule has 1 aromatic heterocycles. The van der Waals surface area contributed by atoms with Gasteiger partial charge in [-0.2, -0.15) is 0 Å². The zero-order valence-corrected chi connectivity index (χ0v) is 16.1. The molecule has 29 heavy (non-hydrogen) atoms. The number of nitrogens with one attached hydrogen (secondary N) is 3. The van der Waals surface area contributed by atoms with Crippen LogP contribution in [0.5, 0.6) is 0 Å². The summed E-state index contributed by atoms with van der Waals surface area (Å²) in [5.41, 5.74) is 11.8. The lowest BCUT2D eigenvalue weighted by molar-refractivity contribution is -0.0167. The van der Waals surface area contributed by atoms with E-state index in [1.54, 1.807) is 18.2 Å². The molecule has 0 aliphatic heterocycles. The van der Waals surface area contributed by atoms with Gasteiger partial charge in [0.1, 0.15) is 5.82 Å². The van der Waals surface area contributed by atoms with Crippen molar-refractivity contribution in [1.29, 1.82) is 0 Å². The van der Waals surface area contributed by atoms with Gasteiger partial charge in [0.2, 0.25) is 0 Å². The molecule has 4 amide bonds. The van der Waals surface area contributed by atoms with Crippen molar-refractivity contribution < 1.29 is 14.4 Å². The summed E-state index contributed by atoms with van der Waals surface area (Å²) < 4.78 is 0. The number of aromatic nitrogens is 1. The van der Waals surface area contributed by atoms with Crippen molar-refractivity contribution >= 4 is 34.6 Å². The first-order chi connectivity index (χ1) is 13.8. The maximum absolute atomic E-state index is 13.1. The highest BCUT2D eigenvalue weighted by Crippen LogP contribution is 2.55. The van der Waals surface area contributed by atoms with Crippen LogP contribution in [0.1, 0.15) is 59.2 Å². The fraction of sp³-hybridized carbons (Fsp3) is 0.476. The molecule has 4 bridgehead atoms. The number of primary amides is 2. The average Bonchev–Trinajstić information content (AvgIpc) is 2.96. The topological polar surface area (TPSA) is 143 Å². The molecule has 4 aliphatic carbocycles. The lowest BCUT2D eigenvalue weighted by atomic mass is 9.53. The van der Waals surface area contributed by atoms with Gasteiger partial charge in [-0.05, 0) is 68.4 Å². The van der Waals surface area contributed by atoms with Crippen molar-refractivity contribution in [3.05, 3.63) is 29.3 Å². The van der Waals surface area contributed by atoms with Crippen LogP contribution in [0.3, 0.4) is 0 Å². The number of amides is 4. The van der Waals surface area contributed by atoms with Crippen molar-refractivity contribution in [3.63, 3.8) is 0 Å². The molecule has 8 nitrogen and oxygen atoms in total. The summed E-state index contributed by atoms with van der Waals surface area (Å²) in [4.78, 5) is 39.1. The maximum atomic E-state index is 13.1. The molecule has 1 aromatic carbocycles. The fourth-order valence-electron chi connectivity index (χ4n) is 6.39. The second-order valence-electron chi connectivity index (χ2n) is 9.14. The molecule has 7 N–H and O–H groups in total. The van der Waals surface area contributed by atoms with Crippen molar-refractivity contribution in [2.24, 2.45) is 29.2 Å². The van der Waals surface area contributed by atoms with E-state index in [1.807, 2.05) is 0 Å². The Bertz CT molecular complexity index is 1010. The number of carbonyl (C=O) groups is 3. The molecule has 8 heteroatoms. The lowest BCUT2D eigenvalue weighted by Crippen LogP contribution is -2.59. The maximum Gasteiger partial charge on any atom is 0.317 e. The average molecular weight is 395 g/mol. The zero-order chi connectivity index (χ0) is 20.3. The van der Waals surface area contributed by atoms with Crippen LogP contribution in [0.25, 0.3) is 10.9 Å². The second-order valence-corrected chi connectivity index (χ2v) is 9.14. The fourth-order valence-corrected chi connectivity index (χ4v) is 6.39. The number of nitrogens with two attached hydrogens (primary N) is 2. The Morgan fingerprint density at radius 3 is 2.17 bits per heavy atom. The molecule has 4 aliphatic rings. The predicted molar refractivity (Wildman–Crippen MR) is 108 cm³/mol. The van der Waals surface area contributed by atoms with E-state index in [0.717, 1.165) is 37.0 Å². The smallest absolute Gasteiger partial charge is 0.317 e. The largest absolute Gasteiger partial charge is 0.365 e. The number of urea groups is 1. The van der Waals surface area contributed by atoms with E-state index in [-0.39, 0.29) is 22.8 Å². The molecule has 4 saturated carbocycles. The second kappa shape index (κ2) is 6.23. The summed E-state index contributed by atoms with van der Waals surface area (Å²) in [5, 5.41) is 6.26. The van der Waals surface area contributed by atoms with Gasteiger partial charge >= 0.3 is 6.03 Å². The monoisotopic (exact) mass is 395 g/mol. The van der Waals surface area contributed by atoms with Gasteiger partial charge in [0.05, 0.1) is 5.56 Å². The Kier molecular flexibility index (Phi) is 3.88. The van der Waals surface area contributed by atoms with Gasteiger partial charge in [0, 0.05) is 22.0 Å². The van der Waals surface area contributed by atoms with Gasteiger partial charge in [-0.15, -0.1) is 0 Å². The molecule has 4 fully saturated rings. The lowest BCUT2D eigenvalue weighted by Gasteiger charge is -2.56. The SMILES string of the molecule is NC(=O)Nc1[nH]c2cc(C(=O)NC34CC5CC(CC(C5)C3)C4)ccc2c1C(N)=O. The molecular weight excluding hydrogens is 370 g/mol. The molecule has 0 unspecified atom stereocenters. The summed E-state index contributed by atoms with van der Waals surface area (Å²) in [6, 6.07) is 4.24. The van der Waals surface area contributed by atoms with E-state index in [2.05, 4.69) is 15.6 Å². The van der Waals surface area contributed by atoms with Crippen molar-refractivity contribution in [1.82, 2.24) is 10.3 Å². The standard InChI is InChI=1S/C21H25N5O3/c22-17(27)16-14-2-1-13(6-15(14)24-18(16)25-20(23)29)19(28)26-21-7-10-3-11(8-21)5-12(4-10)9-21/h1-2,6,10-12,24H,3-5,7-9H2,(H2,22,27)(H,26,28)(H3,23,25,29). The third-order valence-electron chi connectivity index (χ3n) is 6.97. The molecule has 1 heterocycles. The molecule has 6 rings (SSSR count). The number of benzene rings is 1. The Hall–Kier alpha value is -3.03. The predicted octanol–water partition coefficient (Wildman–Crippen LogP) is 2.46. The molecule has 2 aromatic rings. The highest BCUT2D eigenvalue weighted by Gasteiger charge is 2.51. The summed E-state index contributed by atoms with van der Waals surface area (Å²) in [7, 11) is 0. The van der Waals surface area contributed by atoms with Crippen LogP contribution in [0, 0.1) is 17.8 Å². The normalized spacial score (nSPS) is 29.7. The van der Waals surface area contributed by atoms with Gasteiger partial charge in [0.25, 0.3) is 11.8 Å². The highest BCUT2D eigenvalue weighted by molar-refractivity contribution is 6.13. The third-order valence-corrected chi connectivity index (χ3v) is 6.97. The summed E-state index contributed by atoms with van der Waals surface area (Å²) >= 11 is 0. The van der Waals surface area contributed by atoms with Crippen LogP contribution in [0.2, 0.25) is 0 Å². The first kappa shape index (κ1) is 18.0. The van der Waals surface area contributed by atoms with Crippen LogP contribution in [-0.4, -0.2) is 28.4 Å². The molecular formula is C21H25N5O3. The number of anilines is 1. The zero-order valence-electron chi connectivity index (χ0n) is 16.1. The molecule has 0 radical (unpaired) electrons. The Balaban J connectivity index is 1.44. The van der Waals surface area contributed by atoms with Gasteiger partial charge in [-0.3, -0.25) is 14.9 Å².